The van der Waals surface area contributed by atoms with Crippen molar-refractivity contribution in [1.29, 1.82) is 0 Å². The Hall–Kier alpha value is -4.29. The van der Waals surface area contributed by atoms with E-state index in [-0.39, 0.29) is 12.1 Å². The molecule has 0 saturated heterocycles. The largest absolute Gasteiger partial charge is 0.472 e. The standard InChI is InChI=1S/C35H27N3O2S/c1-19-13-26-25-15-20(2)28(18-27(25)38-33(26)31(14-19)41-30-11-6-12-36-34(30)38)39-23-9-5-8-22(16-23)35-37-32-24-10-4-3-7-21(24)17-29(32)40-35/h3-16,18,21,24,29,32H,17H2,1-2H3/t21?,24?,29-,32+/m0/s1. The third-order valence-corrected chi connectivity index (χ3v) is 9.93. The van der Waals surface area contributed by atoms with Gasteiger partial charge in [0.05, 0.1) is 22.0 Å². The van der Waals surface area contributed by atoms with Gasteiger partial charge in [0.25, 0.3) is 0 Å². The molecule has 5 aromatic rings. The molecule has 1 fully saturated rings. The van der Waals surface area contributed by atoms with Gasteiger partial charge in [0.1, 0.15) is 17.6 Å². The molecule has 0 spiro atoms. The molecule has 5 nitrogen and oxygen atoms in total. The average Bonchev–Trinajstić information content (AvgIpc) is 3.64. The molecule has 2 aromatic heterocycles. The van der Waals surface area contributed by atoms with Crippen LogP contribution < -0.4 is 4.74 Å². The number of nitrogens with zero attached hydrogens (tertiary/aromatic N) is 3. The number of fused-ring (bicyclic) bond motifs is 8. The molecule has 0 amide bonds. The zero-order valence-corrected chi connectivity index (χ0v) is 23.6. The Morgan fingerprint density at radius 2 is 1.88 bits per heavy atom. The SMILES string of the molecule is Cc1cc2c3c(c1)c1cc(C)c(Oc4cccc(C5=N[C@@H]6C7C=CC=CC7C[C@@H]6O5)c4)cc1n3-c1ncccc1S2. The molecular weight excluding hydrogens is 526 g/mol. The Kier molecular flexibility index (Phi) is 4.91. The molecule has 2 unspecified atom stereocenters. The first-order chi connectivity index (χ1) is 20.1. The Morgan fingerprint density at radius 1 is 0.951 bits per heavy atom. The second-order valence-electron chi connectivity index (χ2n) is 11.5. The summed E-state index contributed by atoms with van der Waals surface area (Å²) in [5, 5.41) is 2.47. The maximum atomic E-state index is 6.58. The van der Waals surface area contributed by atoms with Gasteiger partial charge in [0, 0.05) is 39.4 Å². The molecule has 200 valence electrons. The van der Waals surface area contributed by atoms with Crippen LogP contribution in [0.25, 0.3) is 27.6 Å². The predicted molar refractivity (Wildman–Crippen MR) is 164 cm³/mol. The van der Waals surface area contributed by atoms with Crippen LogP contribution in [-0.2, 0) is 4.74 Å². The fourth-order valence-electron chi connectivity index (χ4n) is 7.02. The highest BCUT2D eigenvalue weighted by molar-refractivity contribution is 7.99. The minimum absolute atomic E-state index is 0.144. The van der Waals surface area contributed by atoms with Crippen molar-refractivity contribution in [3.05, 3.63) is 108 Å². The molecular formula is C35H27N3O2S. The van der Waals surface area contributed by atoms with Crippen molar-refractivity contribution < 1.29 is 9.47 Å². The number of benzene rings is 3. The van der Waals surface area contributed by atoms with Crippen LogP contribution in [0.4, 0.5) is 0 Å². The Labute approximate surface area is 242 Å². The summed E-state index contributed by atoms with van der Waals surface area (Å²) >= 11 is 1.80. The smallest absolute Gasteiger partial charge is 0.216 e. The summed E-state index contributed by atoms with van der Waals surface area (Å²) in [4.78, 5) is 12.3. The third kappa shape index (κ3) is 3.50. The van der Waals surface area contributed by atoms with Crippen LogP contribution in [0.2, 0.25) is 0 Å². The number of ether oxygens (including phenoxy) is 2. The third-order valence-electron chi connectivity index (χ3n) is 8.86. The summed E-state index contributed by atoms with van der Waals surface area (Å²) in [5.74, 6) is 4.26. The molecule has 0 radical (unpaired) electrons. The van der Waals surface area contributed by atoms with E-state index >= 15 is 0 Å². The Bertz CT molecular complexity index is 2020. The molecule has 41 heavy (non-hydrogen) atoms. The predicted octanol–water partition coefficient (Wildman–Crippen LogP) is 8.33. The fourth-order valence-corrected chi connectivity index (χ4v) is 8.18. The van der Waals surface area contributed by atoms with Gasteiger partial charge in [-0.05, 0) is 85.8 Å². The van der Waals surface area contributed by atoms with E-state index in [1.165, 1.54) is 26.7 Å². The summed E-state index contributed by atoms with van der Waals surface area (Å²) in [7, 11) is 0. The van der Waals surface area contributed by atoms with Crippen molar-refractivity contribution in [2.24, 2.45) is 16.8 Å². The second-order valence-corrected chi connectivity index (χ2v) is 12.6. The van der Waals surface area contributed by atoms with E-state index in [0.29, 0.717) is 11.8 Å². The number of rotatable bonds is 3. The minimum Gasteiger partial charge on any atom is -0.472 e. The van der Waals surface area contributed by atoms with Crippen LogP contribution in [0.1, 0.15) is 23.1 Å². The molecule has 9 rings (SSSR count). The summed E-state index contributed by atoms with van der Waals surface area (Å²) in [6.07, 6.45) is 11.9. The van der Waals surface area contributed by atoms with E-state index in [9.17, 15) is 0 Å². The maximum Gasteiger partial charge on any atom is 0.216 e. The average molecular weight is 554 g/mol. The van der Waals surface area contributed by atoms with Gasteiger partial charge in [0.2, 0.25) is 5.90 Å². The molecule has 4 atom stereocenters. The summed E-state index contributed by atoms with van der Waals surface area (Å²) in [5.41, 5.74) is 5.62. The lowest BCUT2D eigenvalue weighted by Crippen LogP contribution is -2.20. The van der Waals surface area contributed by atoms with Crippen molar-refractivity contribution in [2.45, 2.75) is 42.2 Å². The lowest BCUT2D eigenvalue weighted by molar-refractivity contribution is 0.206. The molecule has 1 saturated carbocycles. The van der Waals surface area contributed by atoms with Crippen LogP contribution >= 0.6 is 11.8 Å². The number of hydrogen-bond donors (Lipinski definition) is 0. The van der Waals surface area contributed by atoms with E-state index in [2.05, 4.69) is 79.1 Å². The van der Waals surface area contributed by atoms with Crippen LogP contribution in [0.3, 0.4) is 0 Å². The topological polar surface area (TPSA) is 48.6 Å². The van der Waals surface area contributed by atoms with Gasteiger partial charge < -0.3 is 9.47 Å². The van der Waals surface area contributed by atoms with Gasteiger partial charge in [-0.1, -0.05) is 42.1 Å². The van der Waals surface area contributed by atoms with Crippen molar-refractivity contribution in [1.82, 2.24) is 9.55 Å². The molecule has 4 aliphatic rings. The zero-order chi connectivity index (χ0) is 27.2. The van der Waals surface area contributed by atoms with Gasteiger partial charge in [-0.3, -0.25) is 4.57 Å². The van der Waals surface area contributed by atoms with Crippen molar-refractivity contribution >= 4 is 39.5 Å². The molecule has 3 aromatic carbocycles. The molecule has 0 N–H and O–H groups in total. The molecule has 6 heteroatoms. The molecule has 4 heterocycles. The van der Waals surface area contributed by atoms with E-state index in [4.69, 9.17) is 19.5 Å². The lowest BCUT2D eigenvalue weighted by atomic mass is 9.90. The first-order valence-electron chi connectivity index (χ1n) is 14.2. The number of hydrogen-bond acceptors (Lipinski definition) is 5. The monoisotopic (exact) mass is 553 g/mol. The number of aromatic nitrogens is 2. The number of pyridine rings is 1. The van der Waals surface area contributed by atoms with Gasteiger partial charge in [-0.2, -0.15) is 0 Å². The quantitative estimate of drug-likeness (QED) is 0.221. The van der Waals surface area contributed by atoms with E-state index in [1.54, 1.807) is 11.8 Å². The van der Waals surface area contributed by atoms with E-state index in [0.717, 1.165) is 51.2 Å². The number of aliphatic imine (C=N–C) groups is 1. The number of allylic oxidation sites excluding steroid dienone is 3. The highest BCUT2D eigenvalue weighted by Crippen LogP contribution is 2.48. The minimum atomic E-state index is 0.144. The highest BCUT2D eigenvalue weighted by atomic mass is 32.2. The van der Waals surface area contributed by atoms with E-state index in [1.807, 2.05) is 30.5 Å². The van der Waals surface area contributed by atoms with Gasteiger partial charge in [-0.15, -0.1) is 0 Å². The summed E-state index contributed by atoms with van der Waals surface area (Å²) in [6.45, 7) is 4.29. The van der Waals surface area contributed by atoms with Crippen molar-refractivity contribution in [3.63, 3.8) is 0 Å². The number of aryl methyl sites for hydroxylation is 2. The molecule has 0 bridgehead atoms. The van der Waals surface area contributed by atoms with Crippen LogP contribution in [0, 0.1) is 25.7 Å². The van der Waals surface area contributed by atoms with E-state index < -0.39 is 0 Å². The lowest BCUT2D eigenvalue weighted by Gasteiger charge is -2.19. The molecule has 2 aliphatic carbocycles. The summed E-state index contributed by atoms with van der Waals surface area (Å²) in [6, 6.07) is 21.5. The Morgan fingerprint density at radius 3 is 2.83 bits per heavy atom. The van der Waals surface area contributed by atoms with Gasteiger partial charge >= 0.3 is 0 Å². The zero-order valence-electron chi connectivity index (χ0n) is 22.7. The van der Waals surface area contributed by atoms with Gasteiger partial charge in [0.15, 0.2) is 5.82 Å². The van der Waals surface area contributed by atoms with Crippen LogP contribution in [0.5, 0.6) is 11.5 Å². The second kappa shape index (κ2) is 8.60. The van der Waals surface area contributed by atoms with Crippen LogP contribution in [0.15, 0.2) is 106 Å². The normalized spacial score (nSPS) is 23.3. The summed E-state index contributed by atoms with van der Waals surface area (Å²) < 4.78 is 15.3. The van der Waals surface area contributed by atoms with Gasteiger partial charge in [-0.25, -0.2) is 9.98 Å². The van der Waals surface area contributed by atoms with Crippen molar-refractivity contribution in [2.75, 3.05) is 0 Å². The maximum absolute atomic E-state index is 6.58. The first-order valence-corrected chi connectivity index (χ1v) is 15.0. The first kappa shape index (κ1) is 23.4. The van der Waals surface area contributed by atoms with Crippen molar-refractivity contribution in [3.8, 4) is 17.3 Å². The highest BCUT2D eigenvalue weighted by Gasteiger charge is 2.46. The fraction of sp³-hybridized carbons (Fsp3) is 0.200. The van der Waals surface area contributed by atoms with Crippen LogP contribution in [-0.4, -0.2) is 27.6 Å². The Balaban J connectivity index is 1.11. The molecule has 2 aliphatic heterocycles.